The van der Waals surface area contributed by atoms with Gasteiger partial charge in [0.05, 0.1) is 25.7 Å². The van der Waals surface area contributed by atoms with Crippen LogP contribution in [-0.2, 0) is 4.79 Å². The summed E-state index contributed by atoms with van der Waals surface area (Å²) in [6, 6.07) is 14.3. The first-order valence-corrected chi connectivity index (χ1v) is 8.17. The van der Waals surface area contributed by atoms with E-state index in [2.05, 4.69) is 5.32 Å². The lowest BCUT2D eigenvalue weighted by Crippen LogP contribution is -2.32. The third kappa shape index (κ3) is 4.29. The van der Waals surface area contributed by atoms with Gasteiger partial charge >= 0.3 is 0 Å². The summed E-state index contributed by atoms with van der Waals surface area (Å²) in [7, 11) is 0. The molecule has 0 fully saturated rings. The number of primary amides is 1. The van der Waals surface area contributed by atoms with Crippen LogP contribution in [0.3, 0.4) is 0 Å². The molecule has 0 radical (unpaired) electrons. The topological polar surface area (TPSA) is 90.7 Å². The average Bonchev–Trinajstić information content (AvgIpc) is 2.62. The minimum Gasteiger partial charge on any atom is -0.493 e. The highest BCUT2D eigenvalue weighted by Crippen LogP contribution is 2.31. The number of fused-ring (bicyclic) bond motifs is 1. The zero-order valence-electron chi connectivity index (χ0n) is 13.7. The molecule has 3 N–H and O–H groups in total. The Bertz CT molecular complexity index is 776. The molecule has 6 nitrogen and oxygen atoms in total. The Morgan fingerprint density at radius 2 is 2.04 bits per heavy atom. The maximum atomic E-state index is 12.2. The van der Waals surface area contributed by atoms with Gasteiger partial charge in [-0.2, -0.15) is 0 Å². The van der Waals surface area contributed by atoms with E-state index in [-0.39, 0.29) is 25.0 Å². The molecule has 0 spiro atoms. The number of ether oxygens (including phenoxy) is 2. The van der Waals surface area contributed by atoms with Gasteiger partial charge in [-0.1, -0.05) is 24.3 Å². The van der Waals surface area contributed by atoms with Gasteiger partial charge in [-0.05, 0) is 24.3 Å². The number of para-hydroxylation sites is 1. The van der Waals surface area contributed by atoms with E-state index < -0.39 is 5.91 Å². The van der Waals surface area contributed by atoms with Crippen molar-refractivity contribution in [3.8, 4) is 11.5 Å². The molecular formula is C19H20N2O4. The standard InChI is InChI=1S/C19H20N2O4/c20-19(23)13-4-3-5-14(12-13)24-11-9-18(22)21-16-8-10-25-17-7-2-1-6-15(16)17/h1-7,12,16H,8-11H2,(H2,20,23)(H,21,22)/t16-/m0/s1. The van der Waals surface area contributed by atoms with Crippen molar-refractivity contribution in [2.24, 2.45) is 5.73 Å². The van der Waals surface area contributed by atoms with Crippen molar-refractivity contribution in [3.63, 3.8) is 0 Å². The van der Waals surface area contributed by atoms with Crippen molar-refractivity contribution in [1.29, 1.82) is 0 Å². The molecule has 0 bridgehead atoms. The summed E-state index contributed by atoms with van der Waals surface area (Å²) < 4.78 is 11.1. The van der Waals surface area contributed by atoms with Gasteiger partial charge in [-0.3, -0.25) is 9.59 Å². The molecule has 1 aliphatic heterocycles. The molecule has 0 saturated carbocycles. The second-order valence-corrected chi connectivity index (χ2v) is 5.79. The Balaban J connectivity index is 1.51. The molecule has 1 aliphatic rings. The lowest BCUT2D eigenvalue weighted by Gasteiger charge is -2.26. The maximum Gasteiger partial charge on any atom is 0.248 e. The summed E-state index contributed by atoms with van der Waals surface area (Å²) in [6.45, 7) is 0.803. The number of hydrogen-bond acceptors (Lipinski definition) is 4. The molecule has 1 heterocycles. The number of benzene rings is 2. The van der Waals surface area contributed by atoms with Crippen LogP contribution in [-0.4, -0.2) is 25.0 Å². The van der Waals surface area contributed by atoms with Gasteiger partial charge in [-0.15, -0.1) is 0 Å². The number of nitrogens with two attached hydrogens (primary N) is 1. The van der Waals surface area contributed by atoms with Crippen LogP contribution in [0.25, 0.3) is 0 Å². The fourth-order valence-corrected chi connectivity index (χ4v) is 2.76. The van der Waals surface area contributed by atoms with E-state index in [4.69, 9.17) is 15.2 Å². The summed E-state index contributed by atoms with van der Waals surface area (Å²) in [5, 5.41) is 3.02. The highest BCUT2D eigenvalue weighted by molar-refractivity contribution is 5.93. The van der Waals surface area contributed by atoms with Crippen LogP contribution >= 0.6 is 0 Å². The number of carbonyl (C=O) groups excluding carboxylic acids is 2. The van der Waals surface area contributed by atoms with E-state index in [1.54, 1.807) is 24.3 Å². The highest BCUT2D eigenvalue weighted by Gasteiger charge is 2.22. The second-order valence-electron chi connectivity index (χ2n) is 5.79. The molecule has 130 valence electrons. The fraction of sp³-hybridized carbons (Fsp3) is 0.263. The van der Waals surface area contributed by atoms with Crippen molar-refractivity contribution in [3.05, 3.63) is 59.7 Å². The quantitative estimate of drug-likeness (QED) is 0.843. The molecule has 6 heteroatoms. The van der Waals surface area contributed by atoms with Gasteiger partial charge in [0, 0.05) is 17.5 Å². The third-order valence-electron chi connectivity index (χ3n) is 4.01. The summed E-state index contributed by atoms with van der Waals surface area (Å²) in [6.07, 6.45) is 0.963. The molecule has 0 unspecified atom stereocenters. The molecule has 3 rings (SSSR count). The largest absolute Gasteiger partial charge is 0.493 e. The van der Waals surface area contributed by atoms with Crippen LogP contribution < -0.4 is 20.5 Å². The van der Waals surface area contributed by atoms with Crippen molar-refractivity contribution in [1.82, 2.24) is 5.32 Å². The molecule has 25 heavy (non-hydrogen) atoms. The number of rotatable bonds is 6. The molecule has 2 amide bonds. The Morgan fingerprint density at radius 1 is 1.20 bits per heavy atom. The van der Waals surface area contributed by atoms with Crippen LogP contribution in [0.5, 0.6) is 11.5 Å². The van der Waals surface area contributed by atoms with Crippen LogP contribution in [0.15, 0.2) is 48.5 Å². The zero-order valence-corrected chi connectivity index (χ0v) is 13.7. The first-order chi connectivity index (χ1) is 12.1. The van der Waals surface area contributed by atoms with Crippen molar-refractivity contribution < 1.29 is 19.1 Å². The summed E-state index contributed by atoms with van der Waals surface area (Å²) in [5.74, 6) is 0.730. The summed E-state index contributed by atoms with van der Waals surface area (Å²) in [5.41, 5.74) is 6.61. The highest BCUT2D eigenvalue weighted by atomic mass is 16.5. The summed E-state index contributed by atoms with van der Waals surface area (Å²) >= 11 is 0. The first kappa shape index (κ1) is 16.8. The van der Waals surface area contributed by atoms with E-state index in [0.717, 1.165) is 17.7 Å². The van der Waals surface area contributed by atoms with E-state index in [1.807, 2.05) is 24.3 Å². The van der Waals surface area contributed by atoms with E-state index in [1.165, 1.54) is 0 Å². The monoisotopic (exact) mass is 340 g/mol. The van der Waals surface area contributed by atoms with Gasteiger partial charge < -0.3 is 20.5 Å². The number of carbonyl (C=O) groups is 2. The van der Waals surface area contributed by atoms with Gasteiger partial charge in [0.25, 0.3) is 0 Å². The van der Waals surface area contributed by atoms with Crippen molar-refractivity contribution in [2.45, 2.75) is 18.9 Å². The van der Waals surface area contributed by atoms with Gasteiger partial charge in [-0.25, -0.2) is 0 Å². The van der Waals surface area contributed by atoms with Crippen LogP contribution in [0.1, 0.15) is 34.8 Å². The van der Waals surface area contributed by atoms with Crippen molar-refractivity contribution in [2.75, 3.05) is 13.2 Å². The molecule has 0 saturated heterocycles. The normalized spacial score (nSPS) is 15.6. The molecule has 2 aromatic rings. The predicted octanol–water partition coefficient (Wildman–Crippen LogP) is 2.19. The average molecular weight is 340 g/mol. The molecule has 0 aromatic heterocycles. The van der Waals surface area contributed by atoms with Gasteiger partial charge in [0.2, 0.25) is 11.8 Å². The number of hydrogen-bond donors (Lipinski definition) is 2. The van der Waals surface area contributed by atoms with Gasteiger partial charge in [0.15, 0.2) is 0 Å². The molecule has 1 atom stereocenters. The third-order valence-corrected chi connectivity index (χ3v) is 4.01. The minimum atomic E-state index is -0.513. The lowest BCUT2D eigenvalue weighted by atomic mass is 10.0. The Morgan fingerprint density at radius 3 is 2.88 bits per heavy atom. The fourth-order valence-electron chi connectivity index (χ4n) is 2.76. The van der Waals surface area contributed by atoms with E-state index in [9.17, 15) is 9.59 Å². The minimum absolute atomic E-state index is 0.0457. The first-order valence-electron chi connectivity index (χ1n) is 8.17. The smallest absolute Gasteiger partial charge is 0.248 e. The number of nitrogens with one attached hydrogen (secondary N) is 1. The van der Waals surface area contributed by atoms with Crippen LogP contribution in [0.2, 0.25) is 0 Å². The lowest BCUT2D eigenvalue weighted by molar-refractivity contribution is -0.122. The molecule has 0 aliphatic carbocycles. The van der Waals surface area contributed by atoms with E-state index >= 15 is 0 Å². The SMILES string of the molecule is NC(=O)c1cccc(OCCC(=O)N[C@H]2CCOc3ccccc32)c1. The number of amides is 2. The van der Waals surface area contributed by atoms with Crippen LogP contribution in [0.4, 0.5) is 0 Å². The molecule has 2 aromatic carbocycles. The Kier molecular flexibility index (Phi) is 5.18. The Labute approximate surface area is 145 Å². The van der Waals surface area contributed by atoms with Crippen molar-refractivity contribution >= 4 is 11.8 Å². The van der Waals surface area contributed by atoms with Crippen LogP contribution in [0, 0.1) is 0 Å². The zero-order chi connectivity index (χ0) is 17.6. The second kappa shape index (κ2) is 7.70. The maximum absolute atomic E-state index is 12.2. The predicted molar refractivity (Wildman–Crippen MR) is 92.5 cm³/mol. The summed E-state index contributed by atoms with van der Waals surface area (Å²) in [4.78, 5) is 23.3. The van der Waals surface area contributed by atoms with E-state index in [0.29, 0.717) is 17.9 Å². The Hall–Kier alpha value is -3.02. The molecular weight excluding hydrogens is 320 g/mol. The van der Waals surface area contributed by atoms with Gasteiger partial charge in [0.1, 0.15) is 11.5 Å².